The molecule has 0 heterocycles. The molecule has 0 aromatic carbocycles. The van der Waals surface area contributed by atoms with Gasteiger partial charge in [0.25, 0.3) is 0 Å². The summed E-state index contributed by atoms with van der Waals surface area (Å²) >= 11 is 0. The standard InChI is InChI=1S/C16H34N6O3/c17-7-1-4-14(23)20-10-12-22(16(25)6-3-9-19)13-11-21-15(24)5-2-8-18/h1-13,17-19H2,(H,20,23)(H,21,24). The Bertz CT molecular complexity index is 366. The highest BCUT2D eigenvalue weighted by Gasteiger charge is 2.13. The normalized spacial score (nSPS) is 10.4. The molecular weight excluding hydrogens is 324 g/mol. The highest BCUT2D eigenvalue weighted by atomic mass is 16.2. The maximum Gasteiger partial charge on any atom is 0.222 e. The zero-order valence-corrected chi connectivity index (χ0v) is 15.1. The van der Waals surface area contributed by atoms with E-state index < -0.39 is 0 Å². The van der Waals surface area contributed by atoms with Gasteiger partial charge < -0.3 is 32.7 Å². The second kappa shape index (κ2) is 15.8. The predicted molar refractivity (Wildman–Crippen MR) is 97.5 cm³/mol. The first kappa shape index (κ1) is 23.3. The molecule has 0 rings (SSSR count). The number of carbonyl (C=O) groups is 3. The van der Waals surface area contributed by atoms with Crippen LogP contribution in [0.3, 0.4) is 0 Å². The van der Waals surface area contributed by atoms with E-state index in [4.69, 9.17) is 17.2 Å². The lowest BCUT2D eigenvalue weighted by atomic mass is 10.2. The van der Waals surface area contributed by atoms with E-state index in [2.05, 4.69) is 10.6 Å². The Kier molecular flexibility index (Phi) is 14.7. The van der Waals surface area contributed by atoms with Crippen molar-refractivity contribution in [2.24, 2.45) is 17.2 Å². The van der Waals surface area contributed by atoms with Crippen molar-refractivity contribution < 1.29 is 14.4 Å². The number of carbonyl (C=O) groups excluding carboxylic acids is 3. The fourth-order valence-corrected chi connectivity index (χ4v) is 2.14. The lowest BCUT2D eigenvalue weighted by Crippen LogP contribution is -2.42. The first-order chi connectivity index (χ1) is 12.0. The summed E-state index contributed by atoms with van der Waals surface area (Å²) in [5.74, 6) is -0.178. The van der Waals surface area contributed by atoms with Gasteiger partial charge in [0.05, 0.1) is 0 Å². The molecule has 0 bridgehead atoms. The van der Waals surface area contributed by atoms with Gasteiger partial charge in [0, 0.05) is 45.4 Å². The van der Waals surface area contributed by atoms with Crippen LogP contribution in [0.15, 0.2) is 0 Å². The Morgan fingerprint density at radius 1 is 0.680 bits per heavy atom. The molecule has 0 aliphatic rings. The average Bonchev–Trinajstić information content (AvgIpc) is 2.61. The first-order valence-corrected chi connectivity index (χ1v) is 8.96. The maximum atomic E-state index is 12.2. The molecule has 0 saturated heterocycles. The van der Waals surface area contributed by atoms with E-state index in [-0.39, 0.29) is 17.7 Å². The predicted octanol–water partition coefficient (Wildman–Crippen LogP) is -1.74. The average molecular weight is 358 g/mol. The van der Waals surface area contributed by atoms with Crippen LogP contribution in [0.2, 0.25) is 0 Å². The second-order valence-corrected chi connectivity index (χ2v) is 5.76. The largest absolute Gasteiger partial charge is 0.354 e. The molecule has 8 N–H and O–H groups in total. The third kappa shape index (κ3) is 13.3. The summed E-state index contributed by atoms with van der Waals surface area (Å²) in [4.78, 5) is 37.0. The molecule has 25 heavy (non-hydrogen) atoms. The summed E-state index contributed by atoms with van der Waals surface area (Å²) in [5, 5.41) is 5.54. The fourth-order valence-electron chi connectivity index (χ4n) is 2.14. The van der Waals surface area contributed by atoms with E-state index in [0.29, 0.717) is 84.3 Å². The molecule has 9 nitrogen and oxygen atoms in total. The lowest BCUT2D eigenvalue weighted by molar-refractivity contribution is -0.132. The Morgan fingerprint density at radius 3 is 1.48 bits per heavy atom. The van der Waals surface area contributed by atoms with Crippen molar-refractivity contribution in [1.82, 2.24) is 15.5 Å². The summed E-state index contributed by atoms with van der Waals surface area (Å²) < 4.78 is 0. The number of nitrogens with zero attached hydrogens (tertiary/aromatic N) is 1. The quantitative estimate of drug-likeness (QED) is 0.234. The highest BCUT2D eigenvalue weighted by molar-refractivity contribution is 5.78. The number of hydrogen-bond acceptors (Lipinski definition) is 6. The zero-order chi connectivity index (χ0) is 18.9. The van der Waals surface area contributed by atoms with Gasteiger partial charge >= 0.3 is 0 Å². The minimum absolute atomic E-state index is 0.0298. The monoisotopic (exact) mass is 358 g/mol. The van der Waals surface area contributed by atoms with Crippen LogP contribution in [0.25, 0.3) is 0 Å². The maximum absolute atomic E-state index is 12.2. The Labute approximate surface area is 150 Å². The van der Waals surface area contributed by atoms with Crippen molar-refractivity contribution in [2.75, 3.05) is 45.8 Å². The Hall–Kier alpha value is -1.71. The van der Waals surface area contributed by atoms with Gasteiger partial charge in [-0.05, 0) is 38.9 Å². The summed E-state index contributed by atoms with van der Waals surface area (Å²) in [6.45, 7) is 2.94. The van der Waals surface area contributed by atoms with Crippen LogP contribution >= 0.6 is 0 Å². The van der Waals surface area contributed by atoms with Crippen molar-refractivity contribution in [3.8, 4) is 0 Å². The Balaban J connectivity index is 4.24. The van der Waals surface area contributed by atoms with E-state index in [1.165, 1.54) is 0 Å². The van der Waals surface area contributed by atoms with Gasteiger partial charge in [-0.2, -0.15) is 0 Å². The van der Waals surface area contributed by atoms with Crippen molar-refractivity contribution in [3.63, 3.8) is 0 Å². The van der Waals surface area contributed by atoms with Gasteiger partial charge in [0.1, 0.15) is 0 Å². The number of nitrogens with two attached hydrogens (primary N) is 3. The SMILES string of the molecule is NCCCC(=O)NCCN(CCNC(=O)CCCN)C(=O)CCCN. The van der Waals surface area contributed by atoms with E-state index in [1.54, 1.807) is 4.90 Å². The smallest absolute Gasteiger partial charge is 0.222 e. The van der Waals surface area contributed by atoms with Crippen LogP contribution < -0.4 is 27.8 Å². The minimum atomic E-state index is -0.0742. The molecule has 146 valence electrons. The van der Waals surface area contributed by atoms with Gasteiger partial charge in [-0.15, -0.1) is 0 Å². The first-order valence-electron chi connectivity index (χ1n) is 8.96. The van der Waals surface area contributed by atoms with Crippen molar-refractivity contribution in [2.45, 2.75) is 38.5 Å². The van der Waals surface area contributed by atoms with Crippen molar-refractivity contribution in [3.05, 3.63) is 0 Å². The molecule has 0 radical (unpaired) electrons. The minimum Gasteiger partial charge on any atom is -0.354 e. The van der Waals surface area contributed by atoms with Crippen LogP contribution in [-0.2, 0) is 14.4 Å². The van der Waals surface area contributed by atoms with Crippen LogP contribution in [0.4, 0.5) is 0 Å². The van der Waals surface area contributed by atoms with E-state index in [9.17, 15) is 14.4 Å². The summed E-state index contributed by atoms with van der Waals surface area (Å²) in [6, 6.07) is 0. The van der Waals surface area contributed by atoms with E-state index >= 15 is 0 Å². The van der Waals surface area contributed by atoms with Gasteiger partial charge in [-0.3, -0.25) is 14.4 Å². The van der Waals surface area contributed by atoms with E-state index in [0.717, 1.165) is 0 Å². The molecule has 9 heteroatoms. The van der Waals surface area contributed by atoms with Crippen LogP contribution in [0.1, 0.15) is 38.5 Å². The van der Waals surface area contributed by atoms with Gasteiger partial charge in [-0.1, -0.05) is 0 Å². The number of rotatable bonds is 15. The molecule has 0 saturated carbocycles. The summed E-state index contributed by atoms with van der Waals surface area (Å²) in [7, 11) is 0. The van der Waals surface area contributed by atoms with Crippen molar-refractivity contribution >= 4 is 17.7 Å². The molecule has 0 aliphatic carbocycles. The van der Waals surface area contributed by atoms with Crippen LogP contribution in [0.5, 0.6) is 0 Å². The summed E-state index contributed by atoms with van der Waals surface area (Å²) in [5.41, 5.74) is 16.2. The van der Waals surface area contributed by atoms with Crippen molar-refractivity contribution in [1.29, 1.82) is 0 Å². The van der Waals surface area contributed by atoms with Gasteiger partial charge in [0.15, 0.2) is 0 Å². The molecule has 0 aromatic heterocycles. The third-order valence-electron chi connectivity index (χ3n) is 3.57. The number of nitrogens with one attached hydrogen (secondary N) is 2. The lowest BCUT2D eigenvalue weighted by Gasteiger charge is -2.23. The van der Waals surface area contributed by atoms with Gasteiger partial charge in [-0.25, -0.2) is 0 Å². The molecular formula is C16H34N6O3. The Morgan fingerprint density at radius 2 is 1.08 bits per heavy atom. The third-order valence-corrected chi connectivity index (χ3v) is 3.57. The number of hydrogen-bond donors (Lipinski definition) is 5. The molecule has 0 aliphatic heterocycles. The van der Waals surface area contributed by atoms with Crippen LogP contribution in [-0.4, -0.2) is 68.4 Å². The molecule has 0 aromatic rings. The zero-order valence-electron chi connectivity index (χ0n) is 15.1. The molecule has 0 unspecified atom stereocenters. The molecule has 0 spiro atoms. The summed E-state index contributed by atoms with van der Waals surface area (Å²) in [6.07, 6.45) is 3.02. The second-order valence-electron chi connectivity index (χ2n) is 5.76. The van der Waals surface area contributed by atoms with E-state index in [1.807, 2.05) is 0 Å². The number of amides is 3. The molecule has 0 atom stereocenters. The fraction of sp³-hybridized carbons (Fsp3) is 0.812. The highest BCUT2D eigenvalue weighted by Crippen LogP contribution is 1.97. The van der Waals surface area contributed by atoms with Crippen LogP contribution in [0, 0.1) is 0 Å². The topological polar surface area (TPSA) is 157 Å². The van der Waals surface area contributed by atoms with Gasteiger partial charge in [0.2, 0.25) is 17.7 Å². The molecule has 3 amide bonds. The molecule has 0 fully saturated rings.